The monoisotopic (exact) mass is 470 g/mol. The summed E-state index contributed by atoms with van der Waals surface area (Å²) >= 11 is 0. The van der Waals surface area contributed by atoms with Gasteiger partial charge in [0.1, 0.15) is 12.3 Å². The Bertz CT molecular complexity index is 910. The molecule has 1 saturated carbocycles. The van der Waals surface area contributed by atoms with Gasteiger partial charge in [-0.1, -0.05) is 38.2 Å². The number of carbonyl (C=O) groups excluding carboxylic acids is 2. The van der Waals surface area contributed by atoms with Crippen molar-refractivity contribution in [1.29, 1.82) is 0 Å². The van der Waals surface area contributed by atoms with Gasteiger partial charge in [-0.05, 0) is 44.2 Å². The van der Waals surface area contributed by atoms with Crippen molar-refractivity contribution in [3.05, 3.63) is 23.3 Å². The lowest BCUT2D eigenvalue weighted by Gasteiger charge is -2.34. The number of aliphatic imine (C=N–C) groups is 1. The number of guanidine groups is 1. The Balaban J connectivity index is 1.19. The summed E-state index contributed by atoms with van der Waals surface area (Å²) in [5.74, 6) is 1.67. The molecular formula is C26H38N4O4. The summed E-state index contributed by atoms with van der Waals surface area (Å²) in [6, 6.07) is 4.31. The van der Waals surface area contributed by atoms with Crippen LogP contribution in [0.5, 0.6) is 5.75 Å². The average Bonchev–Trinajstić information content (AvgIpc) is 3.21. The zero-order valence-corrected chi connectivity index (χ0v) is 20.4. The molecule has 4 rings (SSSR count). The maximum Gasteiger partial charge on any atom is 0.246 e. The number of rotatable bonds is 11. The third-order valence-electron chi connectivity index (χ3n) is 7.10. The fraction of sp³-hybridized carbons (Fsp3) is 0.654. The molecule has 2 amide bonds. The van der Waals surface area contributed by atoms with Crippen LogP contribution in [0.25, 0.3) is 0 Å². The number of hydrogen-bond acceptors (Lipinski definition) is 6. The van der Waals surface area contributed by atoms with Gasteiger partial charge in [0.2, 0.25) is 17.8 Å². The van der Waals surface area contributed by atoms with Crippen LogP contribution in [0.15, 0.2) is 17.1 Å². The van der Waals surface area contributed by atoms with Gasteiger partial charge in [0.15, 0.2) is 0 Å². The maximum atomic E-state index is 12.7. The third-order valence-corrected chi connectivity index (χ3v) is 7.10. The minimum atomic E-state index is -0.0255. The molecule has 8 heteroatoms. The van der Waals surface area contributed by atoms with E-state index in [1.807, 2.05) is 28.9 Å². The Hall–Kier alpha value is -2.61. The first-order valence-corrected chi connectivity index (χ1v) is 12.9. The summed E-state index contributed by atoms with van der Waals surface area (Å²) in [6.45, 7) is 4.12. The molecule has 8 nitrogen and oxygen atoms in total. The number of ether oxygens (including phenoxy) is 1. The number of nitrogens with one attached hydrogen (secondary N) is 1. The molecule has 2 aliphatic heterocycles. The molecule has 2 heterocycles. The van der Waals surface area contributed by atoms with E-state index in [1.165, 1.54) is 19.3 Å². The molecule has 186 valence electrons. The quantitative estimate of drug-likeness (QED) is 0.484. The van der Waals surface area contributed by atoms with Crippen LogP contribution in [-0.4, -0.2) is 65.0 Å². The highest BCUT2D eigenvalue weighted by Crippen LogP contribution is 2.36. The van der Waals surface area contributed by atoms with E-state index in [9.17, 15) is 14.7 Å². The second kappa shape index (κ2) is 11.7. The number of unbranched alkanes of at least 4 members (excludes halogenated alkanes) is 3. The van der Waals surface area contributed by atoms with Crippen LogP contribution < -0.4 is 10.1 Å². The van der Waals surface area contributed by atoms with Crippen LogP contribution in [-0.2, 0) is 16.1 Å². The van der Waals surface area contributed by atoms with Gasteiger partial charge in [-0.3, -0.25) is 14.9 Å². The number of nitrogens with zero attached hydrogens (tertiary/aromatic N) is 3. The predicted octanol–water partition coefficient (Wildman–Crippen LogP) is 3.41. The van der Waals surface area contributed by atoms with Crippen LogP contribution in [0.4, 0.5) is 5.69 Å². The first-order chi connectivity index (χ1) is 16.6. The van der Waals surface area contributed by atoms with Crippen molar-refractivity contribution in [2.24, 2.45) is 4.99 Å². The SMILES string of the molecule is Cc1ccc2c(c1OCCCCCCC(=O)N(CCO)C1CCCCC1)CN1CC(=O)NC1=N2. The van der Waals surface area contributed by atoms with Crippen molar-refractivity contribution in [3.63, 3.8) is 0 Å². The molecular weight excluding hydrogens is 432 g/mol. The lowest BCUT2D eigenvalue weighted by atomic mass is 9.94. The van der Waals surface area contributed by atoms with Gasteiger partial charge in [-0.25, -0.2) is 4.99 Å². The van der Waals surface area contributed by atoms with Crippen LogP contribution in [0.2, 0.25) is 0 Å². The van der Waals surface area contributed by atoms with Crippen LogP contribution in [0, 0.1) is 6.92 Å². The number of aliphatic hydroxyl groups is 1. The first-order valence-electron chi connectivity index (χ1n) is 12.9. The first kappa shape index (κ1) is 24.5. The Morgan fingerprint density at radius 1 is 1.18 bits per heavy atom. The fourth-order valence-corrected chi connectivity index (χ4v) is 5.28. The maximum absolute atomic E-state index is 12.7. The van der Waals surface area contributed by atoms with Gasteiger partial charge in [0, 0.05) is 24.6 Å². The van der Waals surface area contributed by atoms with Crippen molar-refractivity contribution in [2.45, 2.75) is 83.7 Å². The van der Waals surface area contributed by atoms with E-state index in [0.717, 1.165) is 61.1 Å². The van der Waals surface area contributed by atoms with E-state index in [2.05, 4.69) is 10.3 Å². The molecule has 0 bridgehead atoms. The molecule has 34 heavy (non-hydrogen) atoms. The molecule has 0 radical (unpaired) electrons. The van der Waals surface area contributed by atoms with E-state index in [1.54, 1.807) is 0 Å². The lowest BCUT2D eigenvalue weighted by Crippen LogP contribution is -2.43. The average molecular weight is 471 g/mol. The minimum Gasteiger partial charge on any atom is -0.493 e. The second-order valence-electron chi connectivity index (χ2n) is 9.66. The van der Waals surface area contributed by atoms with E-state index in [4.69, 9.17) is 4.74 Å². The van der Waals surface area contributed by atoms with Gasteiger partial charge in [-0.15, -0.1) is 0 Å². The van der Waals surface area contributed by atoms with Gasteiger partial charge in [-0.2, -0.15) is 0 Å². The van der Waals surface area contributed by atoms with Crippen LogP contribution >= 0.6 is 0 Å². The number of carbonyl (C=O) groups is 2. The van der Waals surface area contributed by atoms with Crippen molar-refractivity contribution in [3.8, 4) is 5.75 Å². The van der Waals surface area contributed by atoms with E-state index < -0.39 is 0 Å². The largest absolute Gasteiger partial charge is 0.493 e. The zero-order chi connectivity index (χ0) is 23.9. The van der Waals surface area contributed by atoms with Crippen molar-refractivity contribution >= 4 is 23.5 Å². The molecule has 2 fully saturated rings. The predicted molar refractivity (Wildman–Crippen MR) is 131 cm³/mol. The lowest BCUT2D eigenvalue weighted by molar-refractivity contribution is -0.135. The third kappa shape index (κ3) is 5.90. The number of fused-ring (bicyclic) bond motifs is 2. The number of hydrogen-bond donors (Lipinski definition) is 2. The molecule has 1 saturated heterocycles. The zero-order valence-electron chi connectivity index (χ0n) is 20.4. The molecule has 0 unspecified atom stereocenters. The van der Waals surface area contributed by atoms with Gasteiger partial charge >= 0.3 is 0 Å². The standard InChI is InChI=1S/C26H38N4O4/c1-19-12-13-22-21(17-29-18-23(32)28-26(29)27-22)25(19)34-16-8-3-2-7-11-24(33)30(14-15-31)20-9-5-4-6-10-20/h12-13,20,31H,2-11,14-18H2,1H3,(H,27,28,32). The summed E-state index contributed by atoms with van der Waals surface area (Å²) in [4.78, 5) is 32.9. The van der Waals surface area contributed by atoms with E-state index in [-0.39, 0.29) is 18.4 Å². The highest BCUT2D eigenvalue weighted by atomic mass is 16.5. The normalized spacial score (nSPS) is 17.6. The molecule has 3 aliphatic rings. The highest BCUT2D eigenvalue weighted by molar-refractivity contribution is 6.06. The van der Waals surface area contributed by atoms with Gasteiger partial charge in [0.05, 0.1) is 25.4 Å². The van der Waals surface area contributed by atoms with Crippen LogP contribution in [0.1, 0.15) is 75.3 Å². The summed E-state index contributed by atoms with van der Waals surface area (Å²) in [5, 5.41) is 12.2. The number of amides is 2. The molecule has 2 N–H and O–H groups in total. The topological polar surface area (TPSA) is 94.5 Å². The van der Waals surface area contributed by atoms with Gasteiger partial charge < -0.3 is 19.6 Å². The molecule has 1 aromatic carbocycles. The summed E-state index contributed by atoms with van der Waals surface area (Å²) < 4.78 is 6.18. The molecule has 1 aliphatic carbocycles. The van der Waals surface area contributed by atoms with E-state index >= 15 is 0 Å². The molecule has 0 atom stereocenters. The Kier molecular flexibility index (Phi) is 8.43. The van der Waals surface area contributed by atoms with Gasteiger partial charge in [0.25, 0.3) is 0 Å². The summed E-state index contributed by atoms with van der Waals surface area (Å²) in [5.41, 5.74) is 2.98. The Morgan fingerprint density at radius 2 is 1.97 bits per heavy atom. The van der Waals surface area contributed by atoms with Crippen molar-refractivity contribution < 1.29 is 19.4 Å². The Morgan fingerprint density at radius 3 is 2.76 bits per heavy atom. The number of aliphatic hydroxyl groups excluding tert-OH is 1. The molecule has 1 aromatic rings. The van der Waals surface area contributed by atoms with E-state index in [0.29, 0.717) is 44.7 Å². The number of aryl methyl sites for hydroxylation is 1. The minimum absolute atomic E-state index is 0.0255. The molecule has 0 aromatic heterocycles. The smallest absolute Gasteiger partial charge is 0.246 e. The second-order valence-corrected chi connectivity index (χ2v) is 9.66. The van der Waals surface area contributed by atoms with Crippen molar-refractivity contribution in [2.75, 3.05) is 26.3 Å². The summed E-state index contributed by atoms with van der Waals surface area (Å²) in [7, 11) is 0. The number of benzene rings is 1. The van der Waals surface area contributed by atoms with Crippen molar-refractivity contribution in [1.82, 2.24) is 15.1 Å². The fourth-order valence-electron chi connectivity index (χ4n) is 5.28. The highest BCUT2D eigenvalue weighted by Gasteiger charge is 2.31. The molecule has 0 spiro atoms. The van der Waals surface area contributed by atoms with Crippen LogP contribution in [0.3, 0.4) is 0 Å². The summed E-state index contributed by atoms with van der Waals surface area (Å²) in [6.07, 6.45) is 10.1. The Labute approximate surface area is 202 Å².